The van der Waals surface area contributed by atoms with Gasteiger partial charge in [-0.2, -0.15) is 0 Å². The Balaban J connectivity index is 2.05. The van der Waals surface area contributed by atoms with Crippen LogP contribution >= 0.6 is 23.2 Å². The Morgan fingerprint density at radius 3 is 2.94 bits per heavy atom. The lowest BCUT2D eigenvalue weighted by Crippen LogP contribution is -2.32. The van der Waals surface area contributed by atoms with Crippen LogP contribution in [0.25, 0.3) is 5.57 Å². The molecule has 2 nitrogen and oxygen atoms in total. The van der Waals surface area contributed by atoms with Crippen molar-refractivity contribution in [1.82, 2.24) is 4.90 Å². The number of hydrogen-bond donors (Lipinski definition) is 0. The second-order valence-corrected chi connectivity index (χ2v) is 5.59. The van der Waals surface area contributed by atoms with Gasteiger partial charge >= 0.3 is 0 Å². The second kappa shape index (κ2) is 4.60. The number of rotatable bonds is 1. The predicted octanol–water partition coefficient (Wildman–Crippen LogP) is 3.77. The summed E-state index contributed by atoms with van der Waals surface area (Å²) in [5.74, 6) is 0.169. The van der Waals surface area contributed by atoms with Crippen molar-refractivity contribution in [3.05, 3.63) is 40.0 Å². The van der Waals surface area contributed by atoms with Crippen molar-refractivity contribution >= 4 is 34.6 Å². The van der Waals surface area contributed by atoms with Gasteiger partial charge in [0.15, 0.2) is 5.78 Å². The molecule has 0 aliphatic carbocycles. The van der Waals surface area contributed by atoms with Crippen molar-refractivity contribution in [2.45, 2.75) is 25.3 Å². The summed E-state index contributed by atoms with van der Waals surface area (Å²) in [5.41, 5.74) is 1.44. The van der Waals surface area contributed by atoms with Crippen LogP contribution in [0.5, 0.6) is 0 Å². The number of fused-ring (bicyclic) bond motifs is 1. The summed E-state index contributed by atoms with van der Waals surface area (Å²) in [6.07, 6.45) is 4.82. The van der Waals surface area contributed by atoms with Crippen molar-refractivity contribution in [1.29, 1.82) is 0 Å². The number of halogens is 2. The third-order valence-electron chi connectivity index (χ3n) is 3.68. The van der Waals surface area contributed by atoms with Gasteiger partial charge < -0.3 is 4.90 Å². The molecule has 1 saturated heterocycles. The molecule has 0 radical (unpaired) electrons. The molecule has 0 bridgehead atoms. The first-order valence-corrected chi connectivity index (χ1v) is 6.87. The molecular weight excluding hydrogens is 269 g/mol. The molecule has 3 rings (SSSR count). The van der Waals surface area contributed by atoms with Gasteiger partial charge in [-0.25, -0.2) is 0 Å². The maximum Gasteiger partial charge on any atom is 0.167 e. The molecule has 1 unspecified atom stereocenters. The molecule has 0 saturated carbocycles. The molecule has 1 atom stereocenters. The minimum atomic E-state index is 0.169. The summed E-state index contributed by atoms with van der Waals surface area (Å²) in [4.78, 5) is 14.5. The Labute approximate surface area is 116 Å². The molecule has 2 aliphatic heterocycles. The van der Waals surface area contributed by atoms with Crippen molar-refractivity contribution < 1.29 is 4.79 Å². The third kappa shape index (κ3) is 1.94. The van der Waals surface area contributed by atoms with Gasteiger partial charge in [0.25, 0.3) is 0 Å². The zero-order chi connectivity index (χ0) is 12.7. The summed E-state index contributed by atoms with van der Waals surface area (Å²) in [5, 5.41) is 0.961. The van der Waals surface area contributed by atoms with E-state index in [0.29, 0.717) is 28.1 Å². The molecule has 1 aromatic rings. The fourth-order valence-corrected chi connectivity index (χ4v) is 3.14. The number of benzene rings is 1. The van der Waals surface area contributed by atoms with Crippen LogP contribution in [-0.4, -0.2) is 23.3 Å². The van der Waals surface area contributed by atoms with Gasteiger partial charge in [-0.05, 0) is 18.9 Å². The molecular formula is C14H13Cl2NO. The molecule has 2 aliphatic rings. The molecule has 1 fully saturated rings. The van der Waals surface area contributed by atoms with Crippen LogP contribution in [0.15, 0.2) is 24.4 Å². The van der Waals surface area contributed by atoms with Crippen molar-refractivity contribution in [2.75, 3.05) is 6.54 Å². The highest BCUT2D eigenvalue weighted by atomic mass is 35.5. The van der Waals surface area contributed by atoms with Gasteiger partial charge in [0.2, 0.25) is 0 Å². The van der Waals surface area contributed by atoms with E-state index in [1.807, 2.05) is 18.3 Å². The largest absolute Gasteiger partial charge is 0.373 e. The van der Waals surface area contributed by atoms with E-state index in [-0.39, 0.29) is 5.78 Å². The number of carbonyl (C=O) groups is 1. The normalized spacial score (nSPS) is 23.0. The monoisotopic (exact) mass is 281 g/mol. The van der Waals surface area contributed by atoms with Crippen LogP contribution in [0.4, 0.5) is 0 Å². The topological polar surface area (TPSA) is 20.3 Å². The molecule has 0 N–H and O–H groups in total. The minimum absolute atomic E-state index is 0.169. The minimum Gasteiger partial charge on any atom is -0.373 e. The van der Waals surface area contributed by atoms with E-state index < -0.39 is 0 Å². The van der Waals surface area contributed by atoms with E-state index >= 15 is 0 Å². The highest BCUT2D eigenvalue weighted by Crippen LogP contribution is 2.36. The van der Waals surface area contributed by atoms with Crippen molar-refractivity contribution in [2.24, 2.45) is 0 Å². The number of nitrogens with zero attached hydrogens (tertiary/aromatic N) is 1. The van der Waals surface area contributed by atoms with E-state index in [0.717, 1.165) is 24.9 Å². The number of ketones is 1. The SMILES string of the molecule is O=C1CC2CCCN2C=C1c1cccc(Cl)c1Cl. The first-order chi connectivity index (χ1) is 8.66. The highest BCUT2D eigenvalue weighted by molar-refractivity contribution is 6.44. The van der Waals surface area contributed by atoms with Crippen LogP contribution in [0.3, 0.4) is 0 Å². The van der Waals surface area contributed by atoms with E-state index in [1.165, 1.54) is 0 Å². The van der Waals surface area contributed by atoms with E-state index in [2.05, 4.69) is 4.90 Å². The molecule has 94 valence electrons. The Bertz CT molecular complexity index is 539. The maximum absolute atomic E-state index is 12.2. The number of Topliss-reactive ketones (excluding diaryl/α,β-unsaturated/α-hetero) is 1. The zero-order valence-corrected chi connectivity index (χ0v) is 11.3. The Morgan fingerprint density at radius 2 is 2.11 bits per heavy atom. The number of hydrogen-bond acceptors (Lipinski definition) is 2. The molecule has 4 heteroatoms. The first kappa shape index (κ1) is 12.1. The van der Waals surface area contributed by atoms with E-state index in [4.69, 9.17) is 23.2 Å². The van der Waals surface area contributed by atoms with Gasteiger partial charge in [0, 0.05) is 36.3 Å². The molecule has 0 aromatic heterocycles. The summed E-state index contributed by atoms with van der Waals surface area (Å²) < 4.78 is 0. The molecule has 1 aromatic carbocycles. The van der Waals surface area contributed by atoms with Gasteiger partial charge in [-0.3, -0.25) is 4.79 Å². The number of allylic oxidation sites excluding steroid dienone is 1. The lowest BCUT2D eigenvalue weighted by molar-refractivity contribution is -0.115. The fraction of sp³-hybridized carbons (Fsp3) is 0.357. The number of carbonyl (C=O) groups excluding carboxylic acids is 1. The van der Waals surface area contributed by atoms with Crippen LogP contribution in [-0.2, 0) is 4.79 Å². The van der Waals surface area contributed by atoms with E-state index in [9.17, 15) is 4.79 Å². The molecule has 0 amide bonds. The Hall–Kier alpha value is -0.990. The summed E-state index contributed by atoms with van der Waals surface area (Å²) in [6.45, 7) is 1.03. The van der Waals surface area contributed by atoms with Gasteiger partial charge in [0.1, 0.15) is 0 Å². The van der Waals surface area contributed by atoms with Crippen LogP contribution < -0.4 is 0 Å². The van der Waals surface area contributed by atoms with Crippen molar-refractivity contribution in [3.63, 3.8) is 0 Å². The zero-order valence-electron chi connectivity index (χ0n) is 9.83. The first-order valence-electron chi connectivity index (χ1n) is 6.12. The second-order valence-electron chi connectivity index (χ2n) is 4.81. The standard InChI is InChI=1S/C14H13Cl2NO/c15-12-5-1-4-10(14(12)16)11-8-17-6-2-3-9(17)7-13(11)18/h1,4-5,8-9H,2-3,6-7H2. The highest BCUT2D eigenvalue weighted by Gasteiger charge is 2.31. The summed E-state index contributed by atoms with van der Waals surface area (Å²) >= 11 is 12.2. The Kier molecular flexibility index (Phi) is 3.08. The summed E-state index contributed by atoms with van der Waals surface area (Å²) in [7, 11) is 0. The lowest BCUT2D eigenvalue weighted by Gasteiger charge is -2.28. The quantitative estimate of drug-likeness (QED) is 0.781. The predicted molar refractivity (Wildman–Crippen MR) is 73.8 cm³/mol. The Morgan fingerprint density at radius 1 is 1.28 bits per heavy atom. The smallest absolute Gasteiger partial charge is 0.167 e. The third-order valence-corrected chi connectivity index (χ3v) is 4.50. The van der Waals surface area contributed by atoms with Gasteiger partial charge in [-0.1, -0.05) is 35.3 Å². The fourth-order valence-electron chi connectivity index (χ4n) is 2.74. The van der Waals surface area contributed by atoms with Crippen LogP contribution in [0.1, 0.15) is 24.8 Å². The average Bonchev–Trinajstić information content (AvgIpc) is 2.79. The van der Waals surface area contributed by atoms with Crippen LogP contribution in [0, 0.1) is 0 Å². The summed E-state index contributed by atoms with van der Waals surface area (Å²) in [6, 6.07) is 5.81. The van der Waals surface area contributed by atoms with Crippen LogP contribution in [0.2, 0.25) is 10.0 Å². The molecule has 0 spiro atoms. The molecule has 2 heterocycles. The lowest BCUT2D eigenvalue weighted by atomic mass is 9.94. The average molecular weight is 282 g/mol. The van der Waals surface area contributed by atoms with Gasteiger partial charge in [-0.15, -0.1) is 0 Å². The van der Waals surface area contributed by atoms with E-state index in [1.54, 1.807) is 6.07 Å². The van der Waals surface area contributed by atoms with Crippen molar-refractivity contribution in [3.8, 4) is 0 Å². The molecule has 18 heavy (non-hydrogen) atoms. The van der Waals surface area contributed by atoms with Gasteiger partial charge in [0.05, 0.1) is 10.0 Å². The maximum atomic E-state index is 12.2.